The van der Waals surface area contributed by atoms with Gasteiger partial charge in [0.15, 0.2) is 6.29 Å². The average molecular weight is 611 g/mol. The van der Waals surface area contributed by atoms with Crippen LogP contribution in [0.2, 0.25) is 0 Å². The van der Waals surface area contributed by atoms with Crippen LogP contribution in [0.25, 0.3) is 0 Å². The number of ether oxygens (including phenoxy) is 2. The molecular formula is C24H21F7N3O6P-2. The minimum absolute atomic E-state index is 0.00423. The van der Waals surface area contributed by atoms with E-state index in [4.69, 9.17) is 9.47 Å². The first-order valence-electron chi connectivity index (χ1n) is 11.9. The zero-order valence-corrected chi connectivity index (χ0v) is 21.9. The van der Waals surface area contributed by atoms with Crippen LogP contribution in [-0.2, 0) is 31.2 Å². The highest BCUT2D eigenvalue weighted by Crippen LogP contribution is 2.40. The molecule has 0 bridgehead atoms. The fraction of sp³-hybridized carbons (Fsp3) is 0.417. The molecule has 2 aromatic rings. The molecule has 2 aliphatic rings. The molecule has 1 saturated heterocycles. The Kier molecular flexibility index (Phi) is 8.65. The molecule has 9 nitrogen and oxygen atoms in total. The van der Waals surface area contributed by atoms with E-state index in [-0.39, 0.29) is 36.3 Å². The summed E-state index contributed by atoms with van der Waals surface area (Å²) in [5, 5.41) is 3.59. The minimum Gasteiger partial charge on any atom is -0.793 e. The molecule has 3 atom stereocenters. The van der Waals surface area contributed by atoms with E-state index in [0.717, 1.165) is 12.1 Å². The van der Waals surface area contributed by atoms with Gasteiger partial charge in [0.25, 0.3) is 5.91 Å². The number of hydrazone groups is 1. The number of rotatable bonds is 7. The molecule has 0 unspecified atom stereocenters. The Balaban J connectivity index is 1.66. The van der Waals surface area contributed by atoms with Crippen molar-refractivity contribution in [1.82, 2.24) is 9.68 Å². The number of halogens is 7. The quantitative estimate of drug-likeness (QED) is 0.346. The molecule has 1 amide bonds. The summed E-state index contributed by atoms with van der Waals surface area (Å²) in [7, 11) is -5.51. The Morgan fingerprint density at radius 1 is 1.07 bits per heavy atom. The molecule has 1 fully saturated rings. The van der Waals surface area contributed by atoms with Crippen LogP contribution in [0.1, 0.15) is 47.7 Å². The minimum atomic E-state index is -5.51. The van der Waals surface area contributed by atoms with Crippen molar-refractivity contribution in [2.45, 2.75) is 44.1 Å². The zero-order chi connectivity index (χ0) is 30.3. The average Bonchev–Trinajstić information content (AvgIpc) is 3.24. The highest BCUT2D eigenvalue weighted by atomic mass is 31.2. The lowest BCUT2D eigenvalue weighted by atomic mass is 10.0. The summed E-state index contributed by atoms with van der Waals surface area (Å²) in [6.07, 6.45) is -13.3. The maximum atomic E-state index is 13.7. The topological polar surface area (TPSA) is 118 Å². The number of hydrogen-bond acceptors (Lipinski definition) is 8. The summed E-state index contributed by atoms with van der Waals surface area (Å²) in [4.78, 5) is 36.2. The number of carbonyl (C=O) groups is 1. The van der Waals surface area contributed by atoms with Gasteiger partial charge in [-0.05, 0) is 48.4 Å². The summed E-state index contributed by atoms with van der Waals surface area (Å²) >= 11 is 0. The van der Waals surface area contributed by atoms with Crippen molar-refractivity contribution < 1.29 is 59.4 Å². The van der Waals surface area contributed by atoms with Crippen LogP contribution < -0.4 is 9.79 Å². The van der Waals surface area contributed by atoms with Crippen LogP contribution in [0.15, 0.2) is 47.6 Å². The van der Waals surface area contributed by atoms with Gasteiger partial charge in [-0.15, -0.1) is 0 Å². The zero-order valence-electron chi connectivity index (χ0n) is 21.0. The first kappa shape index (κ1) is 31.1. The molecule has 41 heavy (non-hydrogen) atoms. The van der Waals surface area contributed by atoms with Crippen LogP contribution in [0, 0.1) is 5.82 Å². The lowest BCUT2D eigenvalue weighted by molar-refractivity contribution is -0.326. The monoisotopic (exact) mass is 611 g/mol. The van der Waals surface area contributed by atoms with E-state index < -0.39 is 73.4 Å². The third-order valence-corrected chi connectivity index (χ3v) is 7.15. The molecule has 4 rings (SSSR count). The SMILES string of the molecule is C[C@@H](O[C@H]1OCCN(CC2=NN(P(=O)([O-])[O-])C(=O)C2)[C@H]1c1ccc(F)cc1)c1cc(C(F)(F)F)cc(C(F)(F)F)c1. The molecule has 224 valence electrons. The van der Waals surface area contributed by atoms with Gasteiger partial charge in [0.1, 0.15) is 5.82 Å². The predicted molar refractivity (Wildman–Crippen MR) is 123 cm³/mol. The van der Waals surface area contributed by atoms with Gasteiger partial charge in [-0.3, -0.25) is 9.69 Å². The number of carbonyl (C=O) groups excluding carboxylic acids is 1. The fourth-order valence-corrected chi connectivity index (χ4v) is 5.06. The number of nitrogens with zero attached hydrogens (tertiary/aromatic N) is 3. The summed E-state index contributed by atoms with van der Waals surface area (Å²) in [5.74, 6) is -1.67. The molecule has 0 aromatic heterocycles. The Labute approximate surface area is 228 Å². The Morgan fingerprint density at radius 3 is 2.17 bits per heavy atom. The van der Waals surface area contributed by atoms with E-state index >= 15 is 0 Å². The highest BCUT2D eigenvalue weighted by molar-refractivity contribution is 7.46. The van der Waals surface area contributed by atoms with Gasteiger partial charge in [0.2, 0.25) is 0 Å². The van der Waals surface area contributed by atoms with Crippen LogP contribution in [0.4, 0.5) is 30.7 Å². The van der Waals surface area contributed by atoms with Gasteiger partial charge in [-0.1, -0.05) is 12.1 Å². The molecule has 0 N–H and O–H groups in total. The first-order chi connectivity index (χ1) is 18.9. The molecule has 0 spiro atoms. The summed E-state index contributed by atoms with van der Waals surface area (Å²) in [5.41, 5.74) is -3.13. The third kappa shape index (κ3) is 7.31. The third-order valence-electron chi connectivity index (χ3n) is 6.37. The maximum absolute atomic E-state index is 13.7. The molecule has 17 heteroatoms. The van der Waals surface area contributed by atoms with E-state index in [0.29, 0.717) is 17.7 Å². The van der Waals surface area contributed by atoms with Gasteiger partial charge < -0.3 is 23.8 Å². The van der Waals surface area contributed by atoms with E-state index in [1.54, 1.807) is 4.90 Å². The van der Waals surface area contributed by atoms with E-state index in [1.165, 1.54) is 19.1 Å². The second kappa shape index (κ2) is 11.4. The predicted octanol–water partition coefficient (Wildman–Crippen LogP) is 3.76. The second-order valence-corrected chi connectivity index (χ2v) is 10.6. The lowest BCUT2D eigenvalue weighted by Crippen LogP contribution is -2.48. The lowest BCUT2D eigenvalue weighted by Gasteiger charge is -2.42. The van der Waals surface area contributed by atoms with E-state index in [2.05, 4.69) is 5.10 Å². The van der Waals surface area contributed by atoms with Gasteiger partial charge >= 0.3 is 12.4 Å². The van der Waals surface area contributed by atoms with Gasteiger partial charge in [-0.2, -0.15) is 31.4 Å². The van der Waals surface area contributed by atoms with Crippen LogP contribution in [0.3, 0.4) is 0 Å². The Bertz CT molecular complexity index is 1330. The normalized spacial score (nSPS) is 21.8. The van der Waals surface area contributed by atoms with Crippen molar-refractivity contribution in [1.29, 1.82) is 0 Å². The van der Waals surface area contributed by atoms with Crippen molar-refractivity contribution in [2.75, 3.05) is 19.7 Å². The van der Waals surface area contributed by atoms with Crippen molar-refractivity contribution >= 4 is 19.4 Å². The van der Waals surface area contributed by atoms with Crippen molar-refractivity contribution in [3.8, 4) is 0 Å². The number of morpholine rings is 1. The molecule has 2 aromatic carbocycles. The maximum Gasteiger partial charge on any atom is 0.416 e. The second-order valence-electron chi connectivity index (χ2n) is 9.32. The Morgan fingerprint density at radius 2 is 1.66 bits per heavy atom. The fourth-order valence-electron chi connectivity index (χ4n) is 4.48. The standard InChI is InChI=1S/C24H23F7N3O6P/c1-13(15-8-16(23(26,27)28)10-17(9-15)24(29,30)31)40-22-21(14-2-4-18(25)5-3-14)33(6-7-39-22)12-19-11-20(35)34(32-19)41(36,37)38/h2-5,8-10,13,21-22H,6-7,11-12H2,1H3,(H2,36,37,38)/p-2/t13-,21+,22-/m1/s1. The van der Waals surface area contributed by atoms with Gasteiger partial charge in [-0.25, -0.2) is 9.17 Å². The van der Waals surface area contributed by atoms with Crippen LogP contribution >= 0.6 is 7.75 Å². The van der Waals surface area contributed by atoms with Crippen LogP contribution in [-0.4, -0.2) is 47.3 Å². The van der Waals surface area contributed by atoms with Crippen molar-refractivity contribution in [2.24, 2.45) is 5.10 Å². The summed E-state index contributed by atoms with van der Waals surface area (Å²) < 4.78 is 117. The van der Waals surface area contributed by atoms with E-state index in [1.807, 2.05) is 0 Å². The Hall–Kier alpha value is -2.88. The molecule has 0 radical (unpaired) electrons. The number of benzene rings is 2. The molecule has 0 aliphatic carbocycles. The van der Waals surface area contributed by atoms with Gasteiger partial charge in [0, 0.05) is 13.1 Å². The first-order valence-corrected chi connectivity index (χ1v) is 13.4. The number of alkyl halides is 6. The summed E-state index contributed by atoms with van der Waals surface area (Å²) in [6, 6.07) is 5.02. The van der Waals surface area contributed by atoms with Crippen molar-refractivity contribution in [3.63, 3.8) is 0 Å². The van der Waals surface area contributed by atoms with E-state index in [9.17, 15) is 49.9 Å². The molecular weight excluding hydrogens is 590 g/mol. The highest BCUT2D eigenvalue weighted by Gasteiger charge is 2.40. The number of amides is 1. The smallest absolute Gasteiger partial charge is 0.416 e. The summed E-state index contributed by atoms with van der Waals surface area (Å²) in [6.45, 7) is 1.11. The largest absolute Gasteiger partial charge is 0.793 e. The van der Waals surface area contributed by atoms with Crippen molar-refractivity contribution in [3.05, 3.63) is 70.5 Å². The molecule has 0 saturated carbocycles. The van der Waals surface area contributed by atoms with Crippen LogP contribution in [0.5, 0.6) is 0 Å². The molecule has 2 heterocycles. The van der Waals surface area contributed by atoms with Gasteiger partial charge in [0.05, 0.1) is 49.8 Å². The number of hydrogen-bond donors (Lipinski definition) is 0. The molecule has 2 aliphatic heterocycles.